The van der Waals surface area contributed by atoms with Crippen LogP contribution in [0.4, 0.5) is 22.4 Å². The van der Waals surface area contributed by atoms with Gasteiger partial charge in [-0.2, -0.15) is 8.78 Å². The number of rotatable bonds is 8. The normalized spacial score (nSPS) is 30.7. The van der Waals surface area contributed by atoms with E-state index in [1.165, 1.54) is 26.2 Å². The van der Waals surface area contributed by atoms with E-state index in [-0.39, 0.29) is 42.6 Å². The second kappa shape index (κ2) is 18.8. The van der Waals surface area contributed by atoms with E-state index < -0.39 is 129 Å². The Bertz CT molecular complexity index is 2270. The summed E-state index contributed by atoms with van der Waals surface area (Å²) in [6, 6.07) is 1.59. The average molecular weight is 955 g/mol. The van der Waals surface area contributed by atoms with Crippen molar-refractivity contribution >= 4 is 44.9 Å². The number of piperazine rings is 1. The largest absolute Gasteiger partial charge is 0.497 e. The van der Waals surface area contributed by atoms with Gasteiger partial charge in [0.15, 0.2) is 5.69 Å². The monoisotopic (exact) mass is 954 g/mol. The van der Waals surface area contributed by atoms with Gasteiger partial charge in [0, 0.05) is 44.6 Å². The SMILES string of the molecule is C1CNCCN1.CC[C@@H]1[C@@H]2CN(C(=O)[C@H](C(C)(C)C)NC(=O)O[C@@H]3C[C@H]3CCCCC(F)(F)c3nc4ccc(OC)cc4nc3O2)[C@@H]1C(=O)N[C@]1(C(=O)NS(=O)(=O)C2(C)CC2)C[C@H]1C(F)F. The Labute approximate surface area is 382 Å². The maximum absolute atomic E-state index is 16.3. The van der Waals surface area contributed by atoms with E-state index in [0.29, 0.717) is 25.0 Å². The minimum atomic E-state index is -4.31. The fourth-order valence-electron chi connectivity index (χ4n) is 9.04. The predicted octanol–water partition coefficient (Wildman–Crippen LogP) is 4.14. The van der Waals surface area contributed by atoms with Crippen molar-refractivity contribution in [3.8, 4) is 11.6 Å². The van der Waals surface area contributed by atoms with Crippen molar-refractivity contribution in [1.29, 1.82) is 0 Å². The van der Waals surface area contributed by atoms with Crippen LogP contribution in [0.2, 0.25) is 0 Å². The van der Waals surface area contributed by atoms with Gasteiger partial charge in [0.1, 0.15) is 35.6 Å². The van der Waals surface area contributed by atoms with E-state index in [4.69, 9.17) is 14.2 Å². The van der Waals surface area contributed by atoms with Crippen molar-refractivity contribution in [2.75, 3.05) is 39.8 Å². The molecule has 0 radical (unpaired) electrons. The number of carbonyl (C=O) groups is 4. The molecule has 66 heavy (non-hydrogen) atoms. The minimum Gasteiger partial charge on any atom is -0.497 e. The zero-order chi connectivity index (χ0) is 48.0. The molecule has 8 atom stereocenters. The maximum Gasteiger partial charge on any atom is 0.408 e. The van der Waals surface area contributed by atoms with Crippen LogP contribution in [0.15, 0.2) is 18.2 Å². The number of aromatic nitrogens is 2. The molecule has 17 nitrogen and oxygen atoms in total. The Hall–Kier alpha value is -4.57. The number of hydrogen-bond acceptors (Lipinski definition) is 13. The number of sulfonamides is 1. The predicted molar refractivity (Wildman–Crippen MR) is 232 cm³/mol. The quantitative estimate of drug-likeness (QED) is 0.236. The Morgan fingerprint density at radius 1 is 1.00 bits per heavy atom. The Morgan fingerprint density at radius 3 is 2.26 bits per heavy atom. The first-order valence-corrected chi connectivity index (χ1v) is 24.3. The van der Waals surface area contributed by atoms with Gasteiger partial charge < -0.3 is 40.4 Å². The molecular formula is C44H62F4N8O9S. The first-order valence-electron chi connectivity index (χ1n) is 22.8. The highest BCUT2D eigenvalue weighted by Gasteiger charge is 2.68. The topological polar surface area (TPSA) is 219 Å². The van der Waals surface area contributed by atoms with Crippen molar-refractivity contribution in [3.05, 3.63) is 23.9 Å². The number of amides is 4. The second-order valence-electron chi connectivity index (χ2n) is 19.7. The summed E-state index contributed by atoms with van der Waals surface area (Å²) in [4.78, 5) is 66.3. The third-order valence-electron chi connectivity index (χ3n) is 13.7. The molecule has 0 spiro atoms. The number of halogens is 4. The van der Waals surface area contributed by atoms with E-state index in [0.717, 1.165) is 31.1 Å². The molecule has 3 saturated carbocycles. The number of fused-ring (bicyclic) bond motifs is 5. The molecule has 2 bridgehead atoms. The number of alkyl carbamates (subject to hydrolysis) is 1. The van der Waals surface area contributed by atoms with Gasteiger partial charge >= 0.3 is 6.09 Å². The lowest BCUT2D eigenvalue weighted by atomic mass is 9.85. The van der Waals surface area contributed by atoms with E-state index in [2.05, 4.69) is 31.2 Å². The molecule has 3 aliphatic heterocycles. The molecule has 3 aliphatic carbocycles. The van der Waals surface area contributed by atoms with Crippen molar-refractivity contribution in [3.63, 3.8) is 0 Å². The third-order valence-corrected chi connectivity index (χ3v) is 15.9. The van der Waals surface area contributed by atoms with E-state index in [1.807, 2.05) is 4.72 Å². The summed E-state index contributed by atoms with van der Waals surface area (Å²) in [5, 5.41) is 11.5. The van der Waals surface area contributed by atoms with E-state index in [1.54, 1.807) is 33.8 Å². The fraction of sp³-hybridized carbons (Fsp3) is 0.727. The molecule has 22 heteroatoms. The molecule has 0 unspecified atom stereocenters. The van der Waals surface area contributed by atoms with Crippen LogP contribution in [0.3, 0.4) is 0 Å². The molecule has 4 amide bonds. The number of benzene rings is 1. The van der Waals surface area contributed by atoms with Crippen LogP contribution >= 0.6 is 0 Å². The van der Waals surface area contributed by atoms with Crippen LogP contribution in [0.1, 0.15) is 98.1 Å². The minimum absolute atomic E-state index is 0.0516. The molecule has 1 aromatic carbocycles. The van der Waals surface area contributed by atoms with E-state index in [9.17, 15) is 36.4 Å². The summed E-state index contributed by atoms with van der Waals surface area (Å²) in [7, 11) is -2.89. The average Bonchev–Trinajstić information content (AvgIpc) is 4.22. The number of carbonyl (C=O) groups excluding carboxylic acids is 4. The molecule has 366 valence electrons. The summed E-state index contributed by atoms with van der Waals surface area (Å²) < 4.78 is 105. The van der Waals surface area contributed by atoms with Crippen LogP contribution in [0.5, 0.6) is 11.6 Å². The molecule has 5 N–H and O–H groups in total. The molecule has 6 aliphatic rings. The molecule has 8 rings (SSSR count). The molecule has 5 fully saturated rings. The number of methoxy groups -OCH3 is 1. The van der Waals surface area contributed by atoms with Crippen LogP contribution < -0.4 is 35.5 Å². The van der Waals surface area contributed by atoms with Crippen molar-refractivity contribution in [2.45, 2.75) is 139 Å². The third kappa shape index (κ3) is 10.4. The van der Waals surface area contributed by atoms with Gasteiger partial charge in [0.2, 0.25) is 34.1 Å². The van der Waals surface area contributed by atoms with Gasteiger partial charge in [0.25, 0.3) is 11.8 Å². The van der Waals surface area contributed by atoms with Crippen LogP contribution in [0.25, 0.3) is 11.0 Å². The lowest BCUT2D eigenvalue weighted by Gasteiger charge is -2.36. The zero-order valence-corrected chi connectivity index (χ0v) is 39.0. The van der Waals surface area contributed by atoms with Crippen LogP contribution in [-0.2, 0) is 35.1 Å². The summed E-state index contributed by atoms with van der Waals surface area (Å²) in [6.07, 6.45) is -4.91. The van der Waals surface area contributed by atoms with Gasteiger partial charge in [-0.15, -0.1) is 0 Å². The molecule has 2 aromatic rings. The number of nitrogens with zero attached hydrogens (tertiary/aromatic N) is 3. The Morgan fingerprint density at radius 2 is 1.68 bits per heavy atom. The first-order chi connectivity index (χ1) is 31.0. The molecule has 1 aromatic heterocycles. The van der Waals surface area contributed by atoms with Gasteiger partial charge in [0.05, 0.1) is 35.4 Å². The second-order valence-corrected chi connectivity index (χ2v) is 21.9. The highest BCUT2D eigenvalue weighted by molar-refractivity contribution is 7.91. The highest BCUT2D eigenvalue weighted by Crippen LogP contribution is 2.50. The molecular weight excluding hydrogens is 893 g/mol. The van der Waals surface area contributed by atoms with Gasteiger partial charge in [-0.3, -0.25) is 19.1 Å². The van der Waals surface area contributed by atoms with Crippen molar-refractivity contribution < 1.29 is 59.4 Å². The number of hydrogen-bond donors (Lipinski definition) is 5. The number of ether oxygens (including phenoxy) is 3. The van der Waals surface area contributed by atoms with E-state index >= 15 is 8.78 Å². The van der Waals surface area contributed by atoms with Gasteiger partial charge in [-0.05, 0) is 75.3 Å². The van der Waals surface area contributed by atoms with Gasteiger partial charge in [-0.25, -0.2) is 32.0 Å². The van der Waals surface area contributed by atoms with Crippen LogP contribution in [-0.4, -0.2) is 128 Å². The highest BCUT2D eigenvalue weighted by atomic mass is 32.2. The smallest absolute Gasteiger partial charge is 0.408 e. The van der Waals surface area contributed by atoms with Crippen molar-refractivity contribution in [2.24, 2.45) is 23.2 Å². The van der Waals surface area contributed by atoms with Crippen molar-refractivity contribution in [1.82, 2.24) is 40.9 Å². The first kappa shape index (κ1) is 49.3. The molecule has 2 saturated heterocycles. The Balaban J connectivity index is 0.000000999. The lowest BCUT2D eigenvalue weighted by Crippen LogP contribution is -2.61. The summed E-state index contributed by atoms with van der Waals surface area (Å²) >= 11 is 0. The standard InChI is InChI=1S/C40H52F4N6O9S.C4H10N2/c1-7-22-27-19-50(28(22)32(51)48-39(18-23(39)31(41)42)35(53)49-60(55,56)38(5)14-15-38)34(52)30(37(2,3)4)47-36(54)59-26-16-20(26)10-8-9-13-40(43,44)29-33(58-27)46-25-17-21(57-6)11-12-24(25)45-29;1-2-6-4-3-5-1/h11-12,17,20,22-23,26-28,30-31H,7-10,13-16,18-19H2,1-6H3,(H,47,54)(H,48,51)(H,49,53);5-6H,1-4H2/t20-,22-,23+,26-,27+,28+,30-,39-;/m1./s1. The summed E-state index contributed by atoms with van der Waals surface area (Å²) in [5.41, 5.74) is -3.83. The number of alkyl halides is 4. The number of nitrogens with one attached hydrogen (secondary N) is 5. The van der Waals surface area contributed by atoms with Gasteiger partial charge in [-0.1, -0.05) is 34.1 Å². The summed E-state index contributed by atoms with van der Waals surface area (Å²) in [6.45, 7) is 12.2. The maximum atomic E-state index is 16.3. The van der Waals surface area contributed by atoms with Crippen LogP contribution in [0, 0.1) is 23.2 Å². The molecule has 4 heterocycles. The summed E-state index contributed by atoms with van der Waals surface area (Å²) in [5.74, 6) is -9.85. The zero-order valence-electron chi connectivity index (χ0n) is 38.2. The Kier molecular flexibility index (Phi) is 14.1. The lowest BCUT2D eigenvalue weighted by molar-refractivity contribution is -0.144. The fourth-order valence-corrected chi connectivity index (χ4v) is 10.3.